The number of esters is 1. The van der Waals surface area contributed by atoms with E-state index >= 15 is 0 Å². The third-order valence-electron chi connectivity index (χ3n) is 3.84. The second kappa shape index (κ2) is 7.49. The van der Waals surface area contributed by atoms with Crippen molar-refractivity contribution in [3.8, 4) is 0 Å². The van der Waals surface area contributed by atoms with E-state index in [9.17, 15) is 14.0 Å². The molecular weight excluding hydrogens is 369 g/mol. The molecule has 2 heterocycles. The second-order valence-corrected chi connectivity index (χ2v) is 6.97. The summed E-state index contributed by atoms with van der Waals surface area (Å²) in [7, 11) is 0. The van der Waals surface area contributed by atoms with Gasteiger partial charge in [0.25, 0.3) is 0 Å². The molecule has 0 saturated carbocycles. The standard InChI is InChI=1S/C17H15ClFNO4S/c1-10(21)20-14(9-25-16(20)15-6-3-7-23-15)17(22)24-8-11-12(18)4-2-5-13(11)19/h2-7,14,16H,8-9H2,1H3/t14-,16+/m1/s1. The van der Waals surface area contributed by atoms with E-state index in [0.29, 0.717) is 11.5 Å². The predicted molar refractivity (Wildman–Crippen MR) is 91.4 cm³/mol. The van der Waals surface area contributed by atoms with E-state index in [1.165, 1.54) is 48.0 Å². The first-order valence-electron chi connectivity index (χ1n) is 7.52. The molecule has 1 aliphatic heterocycles. The Labute approximate surface area is 153 Å². The van der Waals surface area contributed by atoms with Gasteiger partial charge in [-0.2, -0.15) is 0 Å². The molecule has 0 bridgehead atoms. The number of ether oxygens (including phenoxy) is 1. The van der Waals surface area contributed by atoms with Crippen molar-refractivity contribution in [3.05, 3.63) is 58.8 Å². The first-order valence-corrected chi connectivity index (χ1v) is 8.95. The van der Waals surface area contributed by atoms with Gasteiger partial charge in [-0.1, -0.05) is 17.7 Å². The molecule has 1 aromatic carbocycles. The Morgan fingerprint density at radius 2 is 2.20 bits per heavy atom. The van der Waals surface area contributed by atoms with E-state index in [2.05, 4.69) is 0 Å². The number of amides is 1. The molecule has 1 aliphatic rings. The molecule has 3 rings (SSSR count). The fourth-order valence-electron chi connectivity index (χ4n) is 2.63. The Bertz CT molecular complexity index is 763. The lowest BCUT2D eigenvalue weighted by molar-refractivity contribution is -0.154. The predicted octanol–water partition coefficient (Wildman–Crippen LogP) is 3.78. The van der Waals surface area contributed by atoms with Crippen LogP contribution in [0.5, 0.6) is 0 Å². The highest BCUT2D eigenvalue weighted by Gasteiger charge is 2.43. The van der Waals surface area contributed by atoms with Gasteiger partial charge < -0.3 is 14.1 Å². The molecule has 0 aliphatic carbocycles. The van der Waals surface area contributed by atoms with E-state index in [0.717, 1.165) is 0 Å². The molecule has 0 spiro atoms. The zero-order chi connectivity index (χ0) is 18.0. The van der Waals surface area contributed by atoms with Crippen molar-refractivity contribution in [1.29, 1.82) is 0 Å². The smallest absolute Gasteiger partial charge is 0.330 e. The molecule has 0 unspecified atom stereocenters. The van der Waals surface area contributed by atoms with E-state index < -0.39 is 17.8 Å². The maximum absolute atomic E-state index is 13.8. The Morgan fingerprint density at radius 3 is 2.84 bits per heavy atom. The zero-order valence-electron chi connectivity index (χ0n) is 13.3. The zero-order valence-corrected chi connectivity index (χ0v) is 14.8. The molecule has 1 saturated heterocycles. The molecule has 0 radical (unpaired) electrons. The van der Waals surface area contributed by atoms with E-state index in [-0.39, 0.29) is 28.5 Å². The Kier molecular flexibility index (Phi) is 5.34. The summed E-state index contributed by atoms with van der Waals surface area (Å²) >= 11 is 7.34. The molecule has 1 amide bonds. The average molecular weight is 384 g/mol. The highest BCUT2D eigenvalue weighted by atomic mass is 35.5. The van der Waals surface area contributed by atoms with Crippen molar-refractivity contribution < 1.29 is 23.1 Å². The van der Waals surface area contributed by atoms with Gasteiger partial charge >= 0.3 is 5.97 Å². The van der Waals surface area contributed by atoms with Crippen molar-refractivity contribution in [1.82, 2.24) is 4.90 Å². The fraction of sp³-hybridized carbons (Fsp3) is 0.294. The number of hydrogen-bond donors (Lipinski definition) is 0. The number of furan rings is 1. The summed E-state index contributed by atoms with van der Waals surface area (Å²) in [6.07, 6.45) is 1.51. The van der Waals surface area contributed by atoms with Crippen LogP contribution in [0.3, 0.4) is 0 Å². The van der Waals surface area contributed by atoms with Crippen LogP contribution in [0.15, 0.2) is 41.0 Å². The number of thioether (sulfide) groups is 1. The molecule has 1 aromatic heterocycles. The van der Waals surface area contributed by atoms with E-state index in [1.807, 2.05) is 0 Å². The van der Waals surface area contributed by atoms with Crippen LogP contribution in [0.25, 0.3) is 0 Å². The first-order chi connectivity index (χ1) is 12.0. The molecule has 5 nitrogen and oxygen atoms in total. The summed E-state index contributed by atoms with van der Waals surface area (Å²) < 4.78 is 24.3. The van der Waals surface area contributed by atoms with E-state index in [1.54, 1.807) is 12.1 Å². The number of halogens is 2. The van der Waals surface area contributed by atoms with Gasteiger partial charge in [0.05, 0.1) is 11.3 Å². The van der Waals surface area contributed by atoms with Crippen molar-refractivity contribution in [2.24, 2.45) is 0 Å². The monoisotopic (exact) mass is 383 g/mol. The summed E-state index contributed by atoms with van der Waals surface area (Å²) in [6.45, 7) is 1.10. The number of carbonyl (C=O) groups is 2. The van der Waals surface area contributed by atoms with Crippen LogP contribution in [0, 0.1) is 5.82 Å². The average Bonchev–Trinajstić information content (AvgIpc) is 3.23. The minimum atomic E-state index is -0.761. The van der Waals surface area contributed by atoms with E-state index in [4.69, 9.17) is 20.8 Å². The SMILES string of the molecule is CC(=O)N1[C@@H](C(=O)OCc2c(F)cccc2Cl)CS[C@H]1c1ccco1. The molecule has 8 heteroatoms. The summed E-state index contributed by atoms with van der Waals surface area (Å²) in [5, 5.41) is -0.201. The summed E-state index contributed by atoms with van der Waals surface area (Å²) in [6, 6.07) is 6.95. The molecule has 132 valence electrons. The Hall–Kier alpha value is -1.99. The summed E-state index contributed by atoms with van der Waals surface area (Å²) in [5.74, 6) is -0.451. The third kappa shape index (κ3) is 3.67. The van der Waals surface area contributed by atoms with Gasteiger partial charge in [-0.25, -0.2) is 9.18 Å². The van der Waals surface area contributed by atoms with Gasteiger partial charge in [-0.15, -0.1) is 11.8 Å². The molecule has 1 fully saturated rings. The largest absolute Gasteiger partial charge is 0.466 e. The van der Waals surface area contributed by atoms with Crippen molar-refractivity contribution in [2.75, 3.05) is 5.75 Å². The Balaban J connectivity index is 1.72. The van der Waals surface area contributed by atoms with Crippen molar-refractivity contribution in [2.45, 2.75) is 24.9 Å². The maximum Gasteiger partial charge on any atom is 0.330 e. The van der Waals surface area contributed by atoms with Gasteiger partial charge in [0.1, 0.15) is 29.6 Å². The van der Waals surface area contributed by atoms with Crippen LogP contribution in [-0.4, -0.2) is 28.6 Å². The van der Waals surface area contributed by atoms with Gasteiger partial charge in [0, 0.05) is 18.2 Å². The number of benzene rings is 1. The molecular formula is C17H15ClFNO4S. The lowest BCUT2D eigenvalue weighted by Gasteiger charge is -2.25. The van der Waals surface area contributed by atoms with Crippen LogP contribution in [0.2, 0.25) is 5.02 Å². The molecule has 2 aromatic rings. The minimum Gasteiger partial charge on any atom is -0.466 e. The van der Waals surface area contributed by atoms with Gasteiger partial charge in [-0.05, 0) is 24.3 Å². The van der Waals surface area contributed by atoms with Gasteiger partial charge in [0.15, 0.2) is 0 Å². The molecule has 2 atom stereocenters. The van der Waals surface area contributed by atoms with Gasteiger partial charge in [-0.3, -0.25) is 4.79 Å². The maximum atomic E-state index is 13.8. The number of rotatable bonds is 4. The number of hydrogen-bond acceptors (Lipinski definition) is 5. The summed E-state index contributed by atoms with van der Waals surface area (Å²) in [4.78, 5) is 25.9. The Morgan fingerprint density at radius 1 is 1.40 bits per heavy atom. The second-order valence-electron chi connectivity index (χ2n) is 5.45. The number of nitrogens with zero attached hydrogens (tertiary/aromatic N) is 1. The summed E-state index contributed by atoms with van der Waals surface area (Å²) in [5.41, 5.74) is 0.111. The van der Waals surface area contributed by atoms with Crippen molar-refractivity contribution in [3.63, 3.8) is 0 Å². The van der Waals surface area contributed by atoms with Gasteiger partial charge in [0.2, 0.25) is 5.91 Å². The highest BCUT2D eigenvalue weighted by Crippen LogP contribution is 2.41. The minimum absolute atomic E-state index is 0.111. The van der Waals surface area contributed by atoms with Crippen LogP contribution < -0.4 is 0 Å². The normalized spacial score (nSPS) is 19.9. The lowest BCUT2D eigenvalue weighted by atomic mass is 10.2. The fourth-order valence-corrected chi connectivity index (χ4v) is 4.27. The quantitative estimate of drug-likeness (QED) is 0.752. The third-order valence-corrected chi connectivity index (χ3v) is 5.48. The number of carbonyl (C=O) groups excluding carboxylic acids is 2. The molecule has 25 heavy (non-hydrogen) atoms. The van der Waals surface area contributed by atoms with Crippen LogP contribution in [-0.2, 0) is 20.9 Å². The molecule has 0 N–H and O–H groups in total. The van der Waals surface area contributed by atoms with Crippen LogP contribution in [0.1, 0.15) is 23.6 Å². The lowest BCUT2D eigenvalue weighted by Crippen LogP contribution is -2.42. The topological polar surface area (TPSA) is 59.8 Å². The van der Waals surface area contributed by atoms with Crippen LogP contribution in [0.4, 0.5) is 4.39 Å². The first kappa shape index (κ1) is 17.8. The van der Waals surface area contributed by atoms with Crippen LogP contribution >= 0.6 is 23.4 Å². The highest BCUT2D eigenvalue weighted by molar-refractivity contribution is 7.99. The van der Waals surface area contributed by atoms with Crippen molar-refractivity contribution >= 4 is 35.2 Å².